The van der Waals surface area contributed by atoms with Gasteiger partial charge in [-0.1, -0.05) is 30.3 Å². The summed E-state index contributed by atoms with van der Waals surface area (Å²) in [7, 11) is -1.16. The number of aryl methyl sites for hydroxylation is 2. The fourth-order valence-corrected chi connectivity index (χ4v) is 5.61. The maximum absolute atomic E-state index is 13.0. The summed E-state index contributed by atoms with van der Waals surface area (Å²) in [6, 6.07) is 11.5. The van der Waals surface area contributed by atoms with Gasteiger partial charge in [0.1, 0.15) is 0 Å². The van der Waals surface area contributed by atoms with Gasteiger partial charge >= 0.3 is 0 Å². The Morgan fingerprint density at radius 2 is 2.04 bits per heavy atom. The zero-order chi connectivity index (χ0) is 19.9. The first-order chi connectivity index (χ1) is 13.3. The summed E-state index contributed by atoms with van der Waals surface area (Å²) in [5.41, 5.74) is 3.50. The quantitative estimate of drug-likeness (QED) is 0.726. The third kappa shape index (κ3) is 3.52. The van der Waals surface area contributed by atoms with Crippen molar-refractivity contribution in [3.05, 3.63) is 47.7 Å². The van der Waals surface area contributed by atoms with Gasteiger partial charge in [0.2, 0.25) is 0 Å². The number of nitrogens with one attached hydrogen (secondary N) is 1. The number of rotatable bonds is 4. The molecule has 4 rings (SSSR count). The lowest BCUT2D eigenvalue weighted by atomic mass is 10.0. The van der Waals surface area contributed by atoms with E-state index in [9.17, 15) is 13.2 Å². The van der Waals surface area contributed by atoms with Crippen LogP contribution in [0.3, 0.4) is 0 Å². The van der Waals surface area contributed by atoms with E-state index < -0.39 is 9.84 Å². The molecule has 3 heterocycles. The number of amides is 1. The summed E-state index contributed by atoms with van der Waals surface area (Å²) in [6.07, 6.45) is 0.593. The van der Waals surface area contributed by atoms with Crippen LogP contribution >= 0.6 is 0 Å². The van der Waals surface area contributed by atoms with E-state index in [0.717, 1.165) is 16.6 Å². The molecule has 1 N–H and O–H groups in total. The van der Waals surface area contributed by atoms with Gasteiger partial charge in [-0.05, 0) is 25.3 Å². The van der Waals surface area contributed by atoms with E-state index in [4.69, 9.17) is 4.98 Å². The molecular formula is C20H22N4O3S. The highest BCUT2D eigenvalue weighted by atomic mass is 32.2. The molecule has 2 aromatic heterocycles. The van der Waals surface area contributed by atoms with Crippen LogP contribution in [0.1, 0.15) is 22.5 Å². The van der Waals surface area contributed by atoms with Gasteiger partial charge in [0.15, 0.2) is 15.5 Å². The maximum Gasteiger partial charge on any atom is 0.252 e. The standard InChI is InChI=1S/C20H22N4O3S/c1-13-18-16(20(25)21-11-14-8-9-28(26,27)12-14)10-17(15-6-4-3-5-7-15)22-19(18)24(2)23-13/h3-7,10,14H,8-9,11-12H2,1-2H3,(H,21,25). The molecule has 7 nitrogen and oxygen atoms in total. The fourth-order valence-electron chi connectivity index (χ4n) is 3.75. The van der Waals surface area contributed by atoms with Crippen LogP contribution in [0.5, 0.6) is 0 Å². The topological polar surface area (TPSA) is 93.9 Å². The number of hydrogen-bond acceptors (Lipinski definition) is 5. The molecule has 1 atom stereocenters. The van der Waals surface area contributed by atoms with Crippen molar-refractivity contribution in [2.45, 2.75) is 13.3 Å². The molecule has 1 aromatic carbocycles. The van der Waals surface area contributed by atoms with Crippen LogP contribution in [0.25, 0.3) is 22.3 Å². The average Bonchev–Trinajstić information content (AvgIpc) is 3.18. The van der Waals surface area contributed by atoms with E-state index in [-0.39, 0.29) is 23.3 Å². The zero-order valence-corrected chi connectivity index (χ0v) is 16.7. The van der Waals surface area contributed by atoms with Gasteiger partial charge in [-0.2, -0.15) is 5.10 Å². The van der Waals surface area contributed by atoms with Crippen molar-refractivity contribution in [3.8, 4) is 11.3 Å². The first kappa shape index (κ1) is 18.6. The van der Waals surface area contributed by atoms with Gasteiger partial charge in [0.25, 0.3) is 5.91 Å². The molecule has 28 heavy (non-hydrogen) atoms. The van der Waals surface area contributed by atoms with E-state index in [2.05, 4.69) is 10.4 Å². The predicted octanol–water partition coefficient (Wildman–Crippen LogP) is 2.11. The van der Waals surface area contributed by atoms with Gasteiger partial charge in [0, 0.05) is 19.2 Å². The molecule has 3 aromatic rings. The van der Waals surface area contributed by atoms with Crippen molar-refractivity contribution in [2.24, 2.45) is 13.0 Å². The molecule has 1 unspecified atom stereocenters. The Bertz CT molecular complexity index is 1150. The van der Waals surface area contributed by atoms with E-state index in [1.807, 2.05) is 44.3 Å². The summed E-state index contributed by atoms with van der Waals surface area (Å²) < 4.78 is 25.0. The number of carbonyl (C=O) groups excluding carboxylic acids is 1. The fraction of sp³-hybridized carbons (Fsp3) is 0.350. The van der Waals surface area contributed by atoms with E-state index in [1.165, 1.54) is 0 Å². The third-order valence-corrected chi connectivity index (χ3v) is 7.00. The van der Waals surface area contributed by atoms with Gasteiger partial charge in [-0.25, -0.2) is 13.4 Å². The van der Waals surface area contributed by atoms with E-state index in [0.29, 0.717) is 29.9 Å². The van der Waals surface area contributed by atoms with Crippen molar-refractivity contribution in [3.63, 3.8) is 0 Å². The number of fused-ring (bicyclic) bond motifs is 1. The van der Waals surface area contributed by atoms with Gasteiger partial charge in [0.05, 0.1) is 33.8 Å². The highest BCUT2D eigenvalue weighted by Gasteiger charge is 2.28. The number of carbonyl (C=O) groups is 1. The minimum Gasteiger partial charge on any atom is -0.352 e. The molecule has 146 valence electrons. The van der Waals surface area contributed by atoms with Gasteiger partial charge in [-0.3, -0.25) is 9.48 Å². The molecule has 1 aliphatic heterocycles. The number of nitrogens with zero attached hydrogens (tertiary/aromatic N) is 3. The molecule has 8 heteroatoms. The van der Waals surface area contributed by atoms with Crippen LogP contribution in [0.15, 0.2) is 36.4 Å². The Morgan fingerprint density at radius 3 is 2.71 bits per heavy atom. The first-order valence-electron chi connectivity index (χ1n) is 9.22. The number of pyridine rings is 1. The first-order valence-corrected chi connectivity index (χ1v) is 11.0. The normalized spacial score (nSPS) is 18.4. The summed E-state index contributed by atoms with van der Waals surface area (Å²) in [5.74, 6) is 0.0764. The number of aromatic nitrogens is 3. The Labute approximate surface area is 163 Å². The van der Waals surface area contributed by atoms with Crippen LogP contribution in [-0.4, -0.2) is 47.1 Å². The lowest BCUT2D eigenvalue weighted by Gasteiger charge is -2.12. The maximum atomic E-state index is 13.0. The van der Waals surface area contributed by atoms with Gasteiger partial charge < -0.3 is 5.32 Å². The Balaban J connectivity index is 1.69. The summed E-state index contributed by atoms with van der Waals surface area (Å²) in [6.45, 7) is 2.20. The van der Waals surface area contributed by atoms with Crippen molar-refractivity contribution in [2.75, 3.05) is 18.1 Å². The summed E-state index contributed by atoms with van der Waals surface area (Å²) in [5, 5.41) is 8.06. The lowest BCUT2D eigenvalue weighted by molar-refractivity contribution is 0.0950. The van der Waals surface area contributed by atoms with Crippen LogP contribution in [0.4, 0.5) is 0 Å². The minimum atomic E-state index is -2.96. The van der Waals surface area contributed by atoms with Crippen molar-refractivity contribution < 1.29 is 13.2 Å². The highest BCUT2D eigenvalue weighted by molar-refractivity contribution is 7.91. The molecule has 0 aliphatic carbocycles. The molecule has 0 bridgehead atoms. The molecular weight excluding hydrogens is 376 g/mol. The Morgan fingerprint density at radius 1 is 1.29 bits per heavy atom. The Hall–Kier alpha value is -2.74. The van der Waals surface area contributed by atoms with Crippen LogP contribution in [-0.2, 0) is 16.9 Å². The van der Waals surface area contributed by atoms with E-state index >= 15 is 0 Å². The number of sulfone groups is 1. The van der Waals surface area contributed by atoms with Crippen molar-refractivity contribution >= 4 is 26.8 Å². The number of benzene rings is 1. The second-order valence-electron chi connectivity index (χ2n) is 7.31. The molecule has 1 saturated heterocycles. The SMILES string of the molecule is Cc1nn(C)c2nc(-c3ccccc3)cc(C(=O)NCC3CCS(=O)(=O)C3)c12. The zero-order valence-electron chi connectivity index (χ0n) is 15.8. The predicted molar refractivity (Wildman–Crippen MR) is 108 cm³/mol. The summed E-state index contributed by atoms with van der Waals surface area (Å²) in [4.78, 5) is 17.7. The molecule has 1 amide bonds. The van der Waals surface area contributed by atoms with E-state index in [1.54, 1.807) is 10.7 Å². The van der Waals surface area contributed by atoms with Crippen LogP contribution in [0.2, 0.25) is 0 Å². The largest absolute Gasteiger partial charge is 0.352 e. The Kier molecular flexibility index (Phi) is 4.66. The molecule has 0 radical (unpaired) electrons. The molecule has 1 aliphatic rings. The third-order valence-electron chi connectivity index (χ3n) is 5.16. The van der Waals surface area contributed by atoms with Crippen LogP contribution in [0, 0.1) is 12.8 Å². The van der Waals surface area contributed by atoms with Crippen molar-refractivity contribution in [1.82, 2.24) is 20.1 Å². The summed E-state index contributed by atoms with van der Waals surface area (Å²) >= 11 is 0. The highest BCUT2D eigenvalue weighted by Crippen LogP contribution is 2.27. The minimum absolute atomic E-state index is 0.0325. The second kappa shape index (κ2) is 7.01. The van der Waals surface area contributed by atoms with Crippen molar-refractivity contribution in [1.29, 1.82) is 0 Å². The number of hydrogen-bond donors (Lipinski definition) is 1. The molecule has 0 spiro atoms. The average molecular weight is 398 g/mol. The lowest BCUT2D eigenvalue weighted by Crippen LogP contribution is -2.30. The smallest absolute Gasteiger partial charge is 0.252 e. The molecule has 0 saturated carbocycles. The second-order valence-corrected chi connectivity index (χ2v) is 9.54. The van der Waals surface area contributed by atoms with Gasteiger partial charge in [-0.15, -0.1) is 0 Å². The monoisotopic (exact) mass is 398 g/mol. The van der Waals surface area contributed by atoms with Crippen LogP contribution < -0.4 is 5.32 Å². The molecule has 1 fully saturated rings.